The lowest BCUT2D eigenvalue weighted by Crippen LogP contribution is -2.39. The van der Waals surface area contributed by atoms with Crippen molar-refractivity contribution < 1.29 is 18.8 Å². The Bertz CT molecular complexity index is 901. The molecular weight excluding hydrogens is 398 g/mol. The number of ether oxygens (including phenoxy) is 2. The summed E-state index contributed by atoms with van der Waals surface area (Å²) in [4.78, 5) is 26.6. The molecule has 0 saturated carbocycles. The Morgan fingerprint density at radius 1 is 1.16 bits per heavy atom. The molecular formula is C22H31N5O4. The summed E-state index contributed by atoms with van der Waals surface area (Å²) >= 11 is 0. The average molecular weight is 430 g/mol. The zero-order valence-electron chi connectivity index (χ0n) is 18.6. The first-order chi connectivity index (χ1) is 15.0. The molecule has 0 bridgehead atoms. The van der Waals surface area contributed by atoms with E-state index in [1.54, 1.807) is 13.2 Å². The van der Waals surface area contributed by atoms with Crippen molar-refractivity contribution in [3.8, 4) is 5.88 Å². The highest BCUT2D eigenvalue weighted by molar-refractivity contribution is 5.76. The minimum Gasteiger partial charge on any atom is -0.479 e. The van der Waals surface area contributed by atoms with E-state index in [0.29, 0.717) is 24.5 Å². The van der Waals surface area contributed by atoms with E-state index in [1.165, 1.54) is 0 Å². The van der Waals surface area contributed by atoms with E-state index in [0.717, 1.165) is 75.1 Å². The van der Waals surface area contributed by atoms with Gasteiger partial charge in [0.25, 0.3) is 5.88 Å². The van der Waals surface area contributed by atoms with Gasteiger partial charge in [-0.05, 0) is 31.8 Å². The zero-order valence-corrected chi connectivity index (χ0v) is 18.6. The maximum atomic E-state index is 12.6. The largest absolute Gasteiger partial charge is 0.479 e. The Hall–Kier alpha value is -2.68. The fourth-order valence-electron chi connectivity index (χ4n) is 4.18. The third-order valence-corrected chi connectivity index (χ3v) is 6.24. The van der Waals surface area contributed by atoms with Gasteiger partial charge in [-0.1, -0.05) is 0 Å². The van der Waals surface area contributed by atoms with Crippen LogP contribution in [0.3, 0.4) is 0 Å². The molecule has 168 valence electrons. The van der Waals surface area contributed by atoms with Crippen molar-refractivity contribution in [2.45, 2.75) is 45.4 Å². The Kier molecular flexibility index (Phi) is 6.70. The molecule has 4 heterocycles. The van der Waals surface area contributed by atoms with Crippen molar-refractivity contribution in [2.75, 3.05) is 51.4 Å². The Morgan fingerprint density at radius 3 is 2.58 bits per heavy atom. The molecule has 0 N–H and O–H groups in total. The molecule has 0 aliphatic carbocycles. The summed E-state index contributed by atoms with van der Waals surface area (Å²) in [5.41, 5.74) is 2.18. The van der Waals surface area contributed by atoms with Crippen molar-refractivity contribution in [1.29, 1.82) is 0 Å². The molecule has 4 rings (SSSR count). The van der Waals surface area contributed by atoms with Gasteiger partial charge >= 0.3 is 0 Å². The monoisotopic (exact) mass is 429 g/mol. The SMILES string of the molecule is COc1cc(CCC(=O)N2CCC(c3nc(C)c(C)c(N4CCOCC4)n3)CC2)on1. The van der Waals surface area contributed by atoms with Gasteiger partial charge in [-0.15, -0.1) is 0 Å². The molecule has 0 unspecified atom stereocenters. The topological polar surface area (TPSA) is 93.8 Å². The fourth-order valence-corrected chi connectivity index (χ4v) is 4.18. The number of nitrogens with zero attached hydrogens (tertiary/aromatic N) is 5. The summed E-state index contributed by atoms with van der Waals surface area (Å²) in [7, 11) is 1.54. The number of carbonyl (C=O) groups excluding carboxylic acids is 1. The van der Waals surface area contributed by atoms with Crippen molar-refractivity contribution >= 4 is 11.7 Å². The highest BCUT2D eigenvalue weighted by Gasteiger charge is 2.27. The lowest BCUT2D eigenvalue weighted by molar-refractivity contribution is -0.132. The molecule has 31 heavy (non-hydrogen) atoms. The molecule has 9 nitrogen and oxygen atoms in total. The molecule has 0 atom stereocenters. The molecule has 2 aliphatic rings. The van der Waals surface area contributed by atoms with Crippen LogP contribution in [0.2, 0.25) is 0 Å². The van der Waals surface area contributed by atoms with Crippen molar-refractivity contribution in [1.82, 2.24) is 20.0 Å². The number of amides is 1. The summed E-state index contributed by atoms with van der Waals surface area (Å²) in [5.74, 6) is 3.47. The number of hydrogen-bond acceptors (Lipinski definition) is 8. The number of hydrogen-bond donors (Lipinski definition) is 0. The number of aryl methyl sites for hydroxylation is 2. The second-order valence-electron chi connectivity index (χ2n) is 8.21. The zero-order chi connectivity index (χ0) is 21.8. The maximum absolute atomic E-state index is 12.6. The number of methoxy groups -OCH3 is 1. The third-order valence-electron chi connectivity index (χ3n) is 6.24. The molecule has 9 heteroatoms. The standard InChI is InChI=1S/C22H31N5O4/c1-15-16(2)23-21(24-22(15)27-10-12-30-13-11-27)17-6-8-26(9-7-17)20(28)5-4-18-14-19(29-3)25-31-18/h14,17H,4-13H2,1-3H3. The van der Waals surface area contributed by atoms with Crippen LogP contribution >= 0.6 is 0 Å². The predicted octanol–water partition coefficient (Wildman–Crippen LogP) is 2.27. The lowest BCUT2D eigenvalue weighted by Gasteiger charge is -2.33. The minimum absolute atomic E-state index is 0.142. The Morgan fingerprint density at radius 2 is 1.90 bits per heavy atom. The van der Waals surface area contributed by atoms with E-state index in [2.05, 4.69) is 23.9 Å². The van der Waals surface area contributed by atoms with E-state index in [4.69, 9.17) is 24.0 Å². The summed E-state index contributed by atoms with van der Waals surface area (Å²) in [5, 5.41) is 3.78. The van der Waals surface area contributed by atoms with Crippen LogP contribution in [0.5, 0.6) is 5.88 Å². The van der Waals surface area contributed by atoms with Gasteiger partial charge in [0.2, 0.25) is 5.91 Å². The van der Waals surface area contributed by atoms with Gasteiger partial charge in [0.05, 0.1) is 20.3 Å². The van der Waals surface area contributed by atoms with Gasteiger partial charge < -0.3 is 23.8 Å². The summed E-state index contributed by atoms with van der Waals surface area (Å²) in [6, 6.07) is 1.72. The number of carbonyl (C=O) groups is 1. The number of anilines is 1. The van der Waals surface area contributed by atoms with Gasteiger partial charge in [0, 0.05) is 62.3 Å². The quantitative estimate of drug-likeness (QED) is 0.690. The van der Waals surface area contributed by atoms with Crippen LogP contribution in [0.4, 0.5) is 5.82 Å². The van der Waals surface area contributed by atoms with Crippen LogP contribution in [-0.2, 0) is 16.0 Å². The summed E-state index contributed by atoms with van der Waals surface area (Å²) in [6.45, 7) is 8.80. The van der Waals surface area contributed by atoms with Gasteiger partial charge in [-0.3, -0.25) is 4.79 Å². The van der Waals surface area contributed by atoms with Crippen molar-refractivity contribution in [2.24, 2.45) is 0 Å². The Labute approximate surface area is 182 Å². The second-order valence-corrected chi connectivity index (χ2v) is 8.21. The molecule has 2 saturated heterocycles. The van der Waals surface area contributed by atoms with E-state index < -0.39 is 0 Å². The van der Waals surface area contributed by atoms with Crippen LogP contribution in [0, 0.1) is 13.8 Å². The van der Waals surface area contributed by atoms with Gasteiger partial charge in [0.15, 0.2) is 0 Å². The van der Waals surface area contributed by atoms with Crippen LogP contribution < -0.4 is 9.64 Å². The molecule has 2 aromatic heterocycles. The highest BCUT2D eigenvalue weighted by Crippen LogP contribution is 2.30. The first-order valence-corrected chi connectivity index (χ1v) is 11.0. The predicted molar refractivity (Wildman–Crippen MR) is 114 cm³/mol. The molecule has 1 amide bonds. The van der Waals surface area contributed by atoms with Crippen LogP contribution in [-0.4, -0.2) is 72.4 Å². The smallest absolute Gasteiger partial charge is 0.254 e. The van der Waals surface area contributed by atoms with Gasteiger partial charge in [-0.25, -0.2) is 9.97 Å². The summed E-state index contributed by atoms with van der Waals surface area (Å²) < 4.78 is 15.7. The van der Waals surface area contributed by atoms with Crippen molar-refractivity contribution in [3.05, 3.63) is 28.9 Å². The molecule has 2 aromatic rings. The molecule has 2 fully saturated rings. The number of aromatic nitrogens is 3. The van der Waals surface area contributed by atoms with E-state index in [1.807, 2.05) is 4.90 Å². The summed E-state index contributed by atoms with van der Waals surface area (Å²) in [6.07, 6.45) is 2.70. The second kappa shape index (κ2) is 9.64. The van der Waals surface area contributed by atoms with Crippen LogP contribution in [0.1, 0.15) is 48.0 Å². The number of rotatable bonds is 6. The van der Waals surface area contributed by atoms with Crippen molar-refractivity contribution in [3.63, 3.8) is 0 Å². The van der Waals surface area contributed by atoms with Gasteiger partial charge in [0.1, 0.15) is 17.4 Å². The average Bonchev–Trinajstić information content (AvgIpc) is 3.28. The van der Waals surface area contributed by atoms with Crippen LogP contribution in [0.15, 0.2) is 10.6 Å². The maximum Gasteiger partial charge on any atom is 0.254 e. The molecule has 0 aromatic carbocycles. The molecule has 0 spiro atoms. The third kappa shape index (κ3) is 4.98. The normalized spacial score (nSPS) is 17.8. The lowest BCUT2D eigenvalue weighted by atomic mass is 9.95. The Balaban J connectivity index is 1.34. The number of morpholine rings is 1. The molecule has 2 aliphatic heterocycles. The van der Waals surface area contributed by atoms with Gasteiger partial charge in [-0.2, -0.15) is 0 Å². The number of piperidine rings is 1. The van der Waals surface area contributed by atoms with E-state index in [-0.39, 0.29) is 11.8 Å². The molecule has 0 radical (unpaired) electrons. The minimum atomic E-state index is 0.142. The first kappa shape index (κ1) is 21.5. The van der Waals surface area contributed by atoms with E-state index in [9.17, 15) is 4.79 Å². The fraction of sp³-hybridized carbons (Fsp3) is 0.636. The highest BCUT2D eigenvalue weighted by atomic mass is 16.5. The first-order valence-electron chi connectivity index (χ1n) is 11.0. The van der Waals surface area contributed by atoms with Crippen LogP contribution in [0.25, 0.3) is 0 Å². The number of likely N-dealkylation sites (tertiary alicyclic amines) is 1. The van der Waals surface area contributed by atoms with E-state index >= 15 is 0 Å².